The molecule has 0 aliphatic carbocycles. The molecule has 3 aromatic rings. The summed E-state index contributed by atoms with van der Waals surface area (Å²) in [6.45, 7) is -3.40. The van der Waals surface area contributed by atoms with Crippen LogP contribution < -0.4 is 4.74 Å². The number of para-hydroxylation sites is 1. The van der Waals surface area contributed by atoms with Gasteiger partial charge in [0.05, 0.1) is 5.52 Å². The number of fused-ring (bicyclic) bond motifs is 1. The van der Waals surface area contributed by atoms with Gasteiger partial charge in [-0.15, -0.1) is 0 Å². The fourth-order valence-corrected chi connectivity index (χ4v) is 2.51. The Bertz CT molecular complexity index is 1010. The highest BCUT2D eigenvalue weighted by molar-refractivity contribution is 5.99. The molecule has 0 N–H and O–H groups in total. The Kier molecular flexibility index (Phi) is 6.06. The van der Waals surface area contributed by atoms with E-state index in [2.05, 4.69) is 9.72 Å². The average molecular weight is 383 g/mol. The number of ketones is 1. The Morgan fingerprint density at radius 2 is 1.79 bits per heavy atom. The maximum absolute atomic E-state index is 12.1. The van der Waals surface area contributed by atoms with E-state index in [1.54, 1.807) is 12.3 Å². The highest BCUT2D eigenvalue weighted by Crippen LogP contribution is 2.17. The zero-order chi connectivity index (χ0) is 19.9. The smallest absolute Gasteiger partial charge is 0.387 e. The van der Waals surface area contributed by atoms with Gasteiger partial charge in [0.15, 0.2) is 12.4 Å². The second-order valence-electron chi connectivity index (χ2n) is 5.69. The monoisotopic (exact) mass is 383 g/mol. The van der Waals surface area contributed by atoms with Crippen LogP contribution in [0, 0.1) is 0 Å². The lowest BCUT2D eigenvalue weighted by molar-refractivity contribution is -0.136. The fourth-order valence-electron chi connectivity index (χ4n) is 2.51. The Labute approximate surface area is 159 Å². The average Bonchev–Trinajstić information content (AvgIpc) is 2.70. The van der Waals surface area contributed by atoms with Crippen LogP contribution in [0.1, 0.15) is 15.9 Å². The molecule has 28 heavy (non-hydrogen) atoms. The molecule has 0 atom stereocenters. The Hall–Kier alpha value is -3.61. The minimum Gasteiger partial charge on any atom is -0.454 e. The second kappa shape index (κ2) is 8.85. The quantitative estimate of drug-likeness (QED) is 0.346. The molecule has 142 valence electrons. The van der Waals surface area contributed by atoms with E-state index >= 15 is 0 Å². The van der Waals surface area contributed by atoms with E-state index in [4.69, 9.17) is 4.74 Å². The summed E-state index contributed by atoms with van der Waals surface area (Å²) in [5.41, 5.74) is 1.71. The van der Waals surface area contributed by atoms with Crippen LogP contribution in [0.2, 0.25) is 0 Å². The summed E-state index contributed by atoms with van der Waals surface area (Å²) in [6, 6.07) is 14.4. The highest BCUT2D eigenvalue weighted by atomic mass is 19.3. The third-order valence-electron chi connectivity index (χ3n) is 3.81. The molecule has 0 aliphatic rings. The van der Waals surface area contributed by atoms with Gasteiger partial charge in [-0.2, -0.15) is 8.78 Å². The zero-order valence-corrected chi connectivity index (χ0v) is 14.5. The third kappa shape index (κ3) is 4.97. The molecule has 2 aromatic carbocycles. The number of pyridine rings is 1. The number of Topliss-reactive ketones (excluding diaryl/α,β-unsaturated/α-hetero) is 1. The van der Waals surface area contributed by atoms with E-state index in [0.717, 1.165) is 16.5 Å². The van der Waals surface area contributed by atoms with Crippen molar-refractivity contribution < 1.29 is 27.8 Å². The molecule has 0 amide bonds. The van der Waals surface area contributed by atoms with Crippen LogP contribution in [0.3, 0.4) is 0 Å². The molecule has 0 saturated carbocycles. The van der Waals surface area contributed by atoms with Crippen molar-refractivity contribution in [1.29, 1.82) is 0 Å². The van der Waals surface area contributed by atoms with Crippen LogP contribution in [0.15, 0.2) is 66.9 Å². The van der Waals surface area contributed by atoms with Crippen molar-refractivity contribution in [1.82, 2.24) is 4.98 Å². The number of hydrogen-bond donors (Lipinski definition) is 0. The Morgan fingerprint density at radius 1 is 1.04 bits per heavy atom. The topological polar surface area (TPSA) is 65.5 Å². The van der Waals surface area contributed by atoms with Gasteiger partial charge in [-0.05, 0) is 36.4 Å². The van der Waals surface area contributed by atoms with Crippen LogP contribution in [0.5, 0.6) is 5.75 Å². The number of carbonyl (C=O) groups excluding carboxylic acids is 2. The summed E-state index contributed by atoms with van der Waals surface area (Å²) in [5.74, 6) is -1.20. The summed E-state index contributed by atoms with van der Waals surface area (Å²) in [7, 11) is 0. The molecule has 0 aliphatic heterocycles. The highest BCUT2D eigenvalue weighted by Gasteiger charge is 2.10. The molecule has 0 fully saturated rings. The van der Waals surface area contributed by atoms with E-state index < -0.39 is 25.0 Å². The van der Waals surface area contributed by atoms with Gasteiger partial charge in [-0.1, -0.05) is 24.3 Å². The normalized spacial score (nSPS) is 11.1. The van der Waals surface area contributed by atoms with E-state index in [-0.39, 0.29) is 11.3 Å². The van der Waals surface area contributed by atoms with Gasteiger partial charge in [-0.25, -0.2) is 4.79 Å². The third-order valence-corrected chi connectivity index (χ3v) is 3.81. The predicted octanol–water partition coefficient (Wildman–Crippen LogP) is 4.28. The van der Waals surface area contributed by atoms with Crippen molar-refractivity contribution in [3.63, 3.8) is 0 Å². The number of halogens is 2. The summed E-state index contributed by atoms with van der Waals surface area (Å²) < 4.78 is 33.4. The van der Waals surface area contributed by atoms with Crippen molar-refractivity contribution >= 4 is 28.7 Å². The SMILES string of the molecule is O=C(/C=C/c1cccc2cccnc12)OCC(=O)c1ccc(OC(F)F)cc1. The van der Waals surface area contributed by atoms with E-state index in [1.165, 1.54) is 30.3 Å². The molecule has 3 rings (SSSR count). The van der Waals surface area contributed by atoms with Crippen molar-refractivity contribution in [3.8, 4) is 5.75 Å². The summed E-state index contributed by atoms with van der Waals surface area (Å²) in [4.78, 5) is 28.2. The van der Waals surface area contributed by atoms with Gasteiger partial charge in [-0.3, -0.25) is 9.78 Å². The first-order valence-corrected chi connectivity index (χ1v) is 8.29. The van der Waals surface area contributed by atoms with Crippen LogP contribution in [0.25, 0.3) is 17.0 Å². The number of carbonyl (C=O) groups is 2. The van der Waals surface area contributed by atoms with Gasteiger partial charge in [0.1, 0.15) is 5.75 Å². The maximum Gasteiger partial charge on any atom is 0.387 e. The summed E-state index contributed by atoms with van der Waals surface area (Å²) in [5, 5.41) is 0.937. The fraction of sp³-hybridized carbons (Fsp3) is 0.0952. The molecular formula is C21H15F2NO4. The minimum absolute atomic E-state index is 0.0600. The first-order valence-electron chi connectivity index (χ1n) is 8.29. The lowest BCUT2D eigenvalue weighted by Gasteiger charge is -2.05. The van der Waals surface area contributed by atoms with E-state index in [9.17, 15) is 18.4 Å². The molecule has 0 unspecified atom stereocenters. The number of alkyl halides is 2. The van der Waals surface area contributed by atoms with Gasteiger partial charge >= 0.3 is 12.6 Å². The molecular weight excluding hydrogens is 368 g/mol. The summed E-state index contributed by atoms with van der Waals surface area (Å²) in [6.07, 6.45) is 4.45. The number of hydrogen-bond acceptors (Lipinski definition) is 5. The molecule has 0 saturated heterocycles. The predicted molar refractivity (Wildman–Crippen MR) is 99.1 cm³/mol. The number of benzene rings is 2. The second-order valence-corrected chi connectivity index (χ2v) is 5.69. The van der Waals surface area contributed by atoms with Crippen LogP contribution in [-0.2, 0) is 9.53 Å². The van der Waals surface area contributed by atoms with Crippen molar-refractivity contribution in [2.45, 2.75) is 6.61 Å². The van der Waals surface area contributed by atoms with Crippen molar-refractivity contribution in [2.24, 2.45) is 0 Å². The lowest BCUT2D eigenvalue weighted by atomic mass is 10.1. The standard InChI is InChI=1S/C21H15F2NO4/c22-21(23)28-17-9-6-14(7-10-17)18(25)13-27-19(26)11-8-16-4-1-3-15-5-2-12-24-20(15)16/h1-12,21H,13H2/b11-8+. The van der Waals surface area contributed by atoms with Crippen molar-refractivity contribution in [2.75, 3.05) is 6.61 Å². The molecule has 1 heterocycles. The van der Waals surface area contributed by atoms with Crippen LogP contribution >= 0.6 is 0 Å². The van der Waals surface area contributed by atoms with Gasteiger partial charge in [0.2, 0.25) is 0 Å². The largest absolute Gasteiger partial charge is 0.454 e. The van der Waals surface area contributed by atoms with Gasteiger partial charge < -0.3 is 9.47 Å². The number of esters is 1. The first kappa shape index (κ1) is 19.2. The minimum atomic E-state index is -2.94. The van der Waals surface area contributed by atoms with Crippen LogP contribution in [-0.4, -0.2) is 30.0 Å². The van der Waals surface area contributed by atoms with Gasteiger partial charge in [0.25, 0.3) is 0 Å². The molecule has 1 aromatic heterocycles. The zero-order valence-electron chi connectivity index (χ0n) is 14.5. The molecule has 7 heteroatoms. The molecule has 0 radical (unpaired) electrons. The Balaban J connectivity index is 1.57. The number of ether oxygens (including phenoxy) is 2. The first-order chi connectivity index (χ1) is 13.5. The lowest BCUT2D eigenvalue weighted by Crippen LogP contribution is -2.12. The van der Waals surface area contributed by atoms with E-state index in [1.807, 2.05) is 30.3 Å². The van der Waals surface area contributed by atoms with Crippen molar-refractivity contribution in [3.05, 3.63) is 78.0 Å². The maximum atomic E-state index is 12.1. The number of rotatable bonds is 7. The molecule has 0 bridgehead atoms. The summed E-state index contributed by atoms with van der Waals surface area (Å²) >= 11 is 0. The van der Waals surface area contributed by atoms with Gasteiger partial charge in [0, 0.05) is 28.8 Å². The molecule has 5 nitrogen and oxygen atoms in total. The number of aromatic nitrogens is 1. The number of nitrogens with zero attached hydrogens (tertiary/aromatic N) is 1. The molecule has 0 spiro atoms. The van der Waals surface area contributed by atoms with Crippen LogP contribution in [0.4, 0.5) is 8.78 Å². The Morgan fingerprint density at radius 3 is 2.54 bits per heavy atom. The van der Waals surface area contributed by atoms with E-state index in [0.29, 0.717) is 0 Å².